The highest BCUT2D eigenvalue weighted by Crippen LogP contribution is 2.21. The number of halogens is 1. The fourth-order valence-corrected chi connectivity index (χ4v) is 6.10. The number of nitrogens with zero attached hydrogens (tertiary/aromatic N) is 2. The Morgan fingerprint density at radius 3 is 2.22 bits per heavy atom. The van der Waals surface area contributed by atoms with Crippen molar-refractivity contribution in [3.8, 4) is 0 Å². The zero-order valence-electron chi connectivity index (χ0n) is 19.4. The van der Waals surface area contributed by atoms with Gasteiger partial charge < -0.3 is 15.1 Å². The van der Waals surface area contributed by atoms with E-state index in [9.17, 15) is 22.8 Å². The summed E-state index contributed by atoms with van der Waals surface area (Å²) < 4.78 is 26.9. The maximum atomic E-state index is 13.5. The molecule has 1 aliphatic rings. The van der Waals surface area contributed by atoms with Gasteiger partial charge in [-0.05, 0) is 54.8 Å². The van der Waals surface area contributed by atoms with Crippen LogP contribution in [0.3, 0.4) is 0 Å². The van der Waals surface area contributed by atoms with Crippen LogP contribution >= 0.6 is 22.9 Å². The van der Waals surface area contributed by atoms with E-state index >= 15 is 0 Å². The van der Waals surface area contributed by atoms with Crippen LogP contribution in [-0.4, -0.2) is 67.5 Å². The summed E-state index contributed by atoms with van der Waals surface area (Å²) in [5.74, 6) is -1.56. The smallest absolute Gasteiger partial charge is 0.262 e. The van der Waals surface area contributed by atoms with E-state index in [1.807, 2.05) is 19.1 Å². The van der Waals surface area contributed by atoms with Gasteiger partial charge in [-0.25, -0.2) is 8.42 Å². The standard InChI is InChI=1S/C25H24ClN3O5S2/c1-17-4-2-5-18(16-17)24(31)28-11-13-29(14-12-28)25(32)23(27-22(30)21-6-3-15-35-21)36(33,34)20-9-7-19(26)8-10-20/h2-10,15-16,23H,11-14H2,1H3,(H,27,30)/t23-/m1/s1. The van der Waals surface area contributed by atoms with E-state index in [4.69, 9.17) is 11.6 Å². The van der Waals surface area contributed by atoms with Gasteiger partial charge in [0.15, 0.2) is 0 Å². The van der Waals surface area contributed by atoms with Crippen molar-refractivity contribution in [3.63, 3.8) is 0 Å². The van der Waals surface area contributed by atoms with E-state index < -0.39 is 27.0 Å². The van der Waals surface area contributed by atoms with Gasteiger partial charge in [-0.3, -0.25) is 14.4 Å². The molecule has 0 unspecified atom stereocenters. The third-order valence-corrected chi connectivity index (χ3v) is 8.82. The van der Waals surface area contributed by atoms with Gasteiger partial charge in [0, 0.05) is 36.8 Å². The van der Waals surface area contributed by atoms with Crippen molar-refractivity contribution >= 4 is 50.5 Å². The van der Waals surface area contributed by atoms with Gasteiger partial charge >= 0.3 is 0 Å². The van der Waals surface area contributed by atoms with Crippen LogP contribution in [0.15, 0.2) is 70.9 Å². The predicted molar refractivity (Wildman–Crippen MR) is 138 cm³/mol. The van der Waals surface area contributed by atoms with Crippen LogP contribution in [0.4, 0.5) is 0 Å². The van der Waals surface area contributed by atoms with E-state index in [2.05, 4.69) is 5.32 Å². The van der Waals surface area contributed by atoms with Gasteiger partial charge in [-0.15, -0.1) is 11.3 Å². The Kier molecular flexibility index (Phi) is 7.77. The molecule has 1 atom stereocenters. The third kappa shape index (κ3) is 5.61. The first kappa shape index (κ1) is 25.9. The molecule has 4 rings (SSSR count). The van der Waals surface area contributed by atoms with Crippen molar-refractivity contribution in [1.82, 2.24) is 15.1 Å². The normalized spacial score (nSPS) is 14.8. The Hall–Kier alpha value is -3.21. The molecule has 0 bridgehead atoms. The van der Waals surface area contributed by atoms with Crippen molar-refractivity contribution in [2.75, 3.05) is 26.2 Å². The predicted octanol–water partition coefficient (Wildman–Crippen LogP) is 3.22. The summed E-state index contributed by atoms with van der Waals surface area (Å²) in [4.78, 5) is 42.3. The molecule has 2 aromatic carbocycles. The Morgan fingerprint density at radius 1 is 0.944 bits per heavy atom. The molecule has 36 heavy (non-hydrogen) atoms. The van der Waals surface area contributed by atoms with E-state index in [1.54, 1.807) is 34.5 Å². The molecule has 0 radical (unpaired) electrons. The number of piperazine rings is 1. The highest BCUT2D eigenvalue weighted by Gasteiger charge is 2.39. The van der Waals surface area contributed by atoms with Crippen molar-refractivity contribution in [2.45, 2.75) is 17.2 Å². The van der Waals surface area contributed by atoms with Crippen LogP contribution in [0.25, 0.3) is 0 Å². The van der Waals surface area contributed by atoms with Crippen LogP contribution < -0.4 is 5.32 Å². The summed E-state index contributed by atoms with van der Waals surface area (Å²) in [6.07, 6.45) is 0. The third-order valence-electron chi connectivity index (χ3n) is 5.83. The maximum absolute atomic E-state index is 13.5. The highest BCUT2D eigenvalue weighted by atomic mass is 35.5. The van der Waals surface area contributed by atoms with Gasteiger partial charge in [0.05, 0.1) is 9.77 Å². The number of rotatable bonds is 6. The number of sulfone groups is 1. The van der Waals surface area contributed by atoms with Crippen LogP contribution in [0, 0.1) is 6.92 Å². The van der Waals surface area contributed by atoms with Crippen molar-refractivity contribution in [2.24, 2.45) is 0 Å². The molecule has 0 saturated carbocycles. The number of benzene rings is 2. The summed E-state index contributed by atoms with van der Waals surface area (Å²) in [6, 6.07) is 15.9. The lowest BCUT2D eigenvalue weighted by atomic mass is 10.1. The SMILES string of the molecule is Cc1cccc(C(=O)N2CCN(C(=O)[C@H](NC(=O)c3cccs3)S(=O)(=O)c3ccc(Cl)cc3)CC2)c1. The van der Waals surface area contributed by atoms with Crippen molar-refractivity contribution < 1.29 is 22.8 Å². The Balaban J connectivity index is 1.53. The molecule has 0 aliphatic carbocycles. The number of amides is 3. The average molecular weight is 546 g/mol. The molecule has 2 heterocycles. The lowest BCUT2D eigenvalue weighted by Gasteiger charge is -2.36. The second-order valence-corrected chi connectivity index (χ2v) is 11.7. The molecule has 1 aromatic heterocycles. The van der Waals surface area contributed by atoms with Crippen LogP contribution in [0.2, 0.25) is 5.02 Å². The molecule has 1 saturated heterocycles. The molecule has 11 heteroatoms. The molecular formula is C25H24ClN3O5S2. The van der Waals surface area contributed by atoms with Crippen molar-refractivity contribution in [3.05, 3.63) is 87.1 Å². The van der Waals surface area contributed by atoms with E-state index in [0.717, 1.165) is 16.9 Å². The first-order chi connectivity index (χ1) is 17.2. The average Bonchev–Trinajstić information content (AvgIpc) is 3.42. The van der Waals surface area contributed by atoms with Gasteiger partial charge in [0.2, 0.25) is 15.2 Å². The van der Waals surface area contributed by atoms with Gasteiger partial charge in [-0.2, -0.15) is 0 Å². The summed E-state index contributed by atoms with van der Waals surface area (Å²) in [5, 5.41) is 2.61. The van der Waals surface area contributed by atoms with E-state index in [0.29, 0.717) is 10.6 Å². The van der Waals surface area contributed by atoms with Crippen LogP contribution in [0.5, 0.6) is 0 Å². The summed E-state index contributed by atoms with van der Waals surface area (Å²) in [5.41, 5.74) is 1.52. The van der Waals surface area contributed by atoms with E-state index in [1.165, 1.54) is 29.2 Å². The number of carbonyl (C=O) groups excluding carboxylic acids is 3. The number of hydrogen-bond donors (Lipinski definition) is 1. The molecule has 1 N–H and O–H groups in total. The van der Waals surface area contributed by atoms with Crippen molar-refractivity contribution in [1.29, 1.82) is 0 Å². The monoisotopic (exact) mass is 545 g/mol. The zero-order chi connectivity index (χ0) is 25.9. The van der Waals surface area contributed by atoms with Gasteiger partial charge in [-0.1, -0.05) is 35.4 Å². The topological polar surface area (TPSA) is 104 Å². The molecule has 0 spiro atoms. The van der Waals surface area contributed by atoms with Crippen LogP contribution in [-0.2, 0) is 14.6 Å². The number of carbonyl (C=O) groups is 3. The molecule has 3 aromatic rings. The number of hydrogen-bond acceptors (Lipinski definition) is 6. The quantitative estimate of drug-likeness (QED) is 0.512. The minimum Gasteiger partial charge on any atom is -0.336 e. The molecular weight excluding hydrogens is 522 g/mol. The van der Waals surface area contributed by atoms with Gasteiger partial charge in [0.1, 0.15) is 0 Å². The fraction of sp³-hybridized carbons (Fsp3) is 0.240. The van der Waals surface area contributed by atoms with E-state index in [-0.39, 0.29) is 41.9 Å². The Labute approximate surface area is 218 Å². The fourth-order valence-electron chi connectivity index (χ4n) is 3.89. The zero-order valence-corrected chi connectivity index (χ0v) is 21.8. The van der Waals surface area contributed by atoms with Gasteiger partial charge in [0.25, 0.3) is 17.7 Å². The summed E-state index contributed by atoms with van der Waals surface area (Å²) >= 11 is 7.04. The second kappa shape index (κ2) is 10.8. The first-order valence-electron chi connectivity index (χ1n) is 11.2. The summed E-state index contributed by atoms with van der Waals surface area (Å²) in [7, 11) is -4.29. The molecule has 1 fully saturated rings. The minimum absolute atomic E-state index is 0.134. The number of nitrogens with one attached hydrogen (secondary N) is 1. The maximum Gasteiger partial charge on any atom is 0.262 e. The molecule has 8 nitrogen and oxygen atoms in total. The molecule has 1 aliphatic heterocycles. The highest BCUT2D eigenvalue weighted by molar-refractivity contribution is 7.92. The summed E-state index contributed by atoms with van der Waals surface area (Å²) in [6.45, 7) is 2.66. The number of aryl methyl sites for hydroxylation is 1. The lowest BCUT2D eigenvalue weighted by Crippen LogP contribution is -2.57. The first-order valence-corrected chi connectivity index (χ1v) is 14.0. The second-order valence-electron chi connectivity index (χ2n) is 8.32. The Bertz CT molecular complexity index is 1370. The molecule has 3 amide bonds. The molecule has 188 valence electrons. The number of thiophene rings is 1. The minimum atomic E-state index is -4.29. The lowest BCUT2D eigenvalue weighted by molar-refractivity contribution is -0.132. The largest absolute Gasteiger partial charge is 0.336 e. The Morgan fingerprint density at radius 2 is 1.61 bits per heavy atom. The van der Waals surface area contributed by atoms with Crippen LogP contribution in [0.1, 0.15) is 25.6 Å².